The van der Waals surface area contributed by atoms with Crippen LogP contribution in [0.1, 0.15) is 10.4 Å². The van der Waals surface area contributed by atoms with Gasteiger partial charge in [0.15, 0.2) is 6.61 Å². The van der Waals surface area contributed by atoms with Crippen LogP contribution < -0.4 is 5.32 Å². The third-order valence-corrected chi connectivity index (χ3v) is 3.39. The first kappa shape index (κ1) is 18.6. The topological polar surface area (TPSA) is 98.5 Å². The van der Waals surface area contributed by atoms with Gasteiger partial charge in [-0.1, -0.05) is 23.2 Å². The van der Waals surface area contributed by atoms with E-state index in [2.05, 4.69) is 5.32 Å². The highest BCUT2D eigenvalue weighted by Crippen LogP contribution is 2.24. The van der Waals surface area contributed by atoms with E-state index in [1.54, 1.807) is 0 Å². The SMILES string of the molecule is O=C(COC(=O)c1ccc(Cl)cc1[N+](=O)[O-])Nc1ccc(Cl)cc1F. The maximum absolute atomic E-state index is 13.6. The molecule has 7 nitrogen and oxygen atoms in total. The van der Waals surface area contributed by atoms with E-state index in [4.69, 9.17) is 27.9 Å². The van der Waals surface area contributed by atoms with Gasteiger partial charge in [0.2, 0.25) is 0 Å². The molecule has 0 saturated carbocycles. The van der Waals surface area contributed by atoms with Crippen LogP contribution in [-0.4, -0.2) is 23.4 Å². The molecule has 0 unspecified atom stereocenters. The van der Waals surface area contributed by atoms with Crippen molar-refractivity contribution in [1.29, 1.82) is 0 Å². The Labute approximate surface area is 150 Å². The van der Waals surface area contributed by atoms with E-state index in [-0.39, 0.29) is 21.3 Å². The van der Waals surface area contributed by atoms with Crippen LogP contribution in [0.2, 0.25) is 10.0 Å². The third kappa shape index (κ3) is 4.88. The molecule has 25 heavy (non-hydrogen) atoms. The zero-order valence-electron chi connectivity index (χ0n) is 12.3. The number of ether oxygens (including phenoxy) is 1. The Morgan fingerprint density at radius 2 is 1.80 bits per heavy atom. The number of amides is 1. The summed E-state index contributed by atoms with van der Waals surface area (Å²) in [7, 11) is 0. The number of anilines is 1. The molecule has 10 heteroatoms. The predicted molar refractivity (Wildman–Crippen MR) is 88.4 cm³/mol. The molecule has 0 fully saturated rings. The van der Waals surface area contributed by atoms with Gasteiger partial charge in [0.25, 0.3) is 11.6 Å². The molecule has 0 aliphatic rings. The Morgan fingerprint density at radius 3 is 2.44 bits per heavy atom. The Kier molecular flexibility index (Phi) is 5.89. The number of rotatable bonds is 5. The van der Waals surface area contributed by atoms with Crippen molar-refractivity contribution < 1.29 is 23.6 Å². The highest BCUT2D eigenvalue weighted by Gasteiger charge is 2.22. The lowest BCUT2D eigenvalue weighted by atomic mass is 10.2. The molecular formula is C15H9Cl2FN2O5. The predicted octanol–water partition coefficient (Wildman–Crippen LogP) is 3.84. The molecule has 0 radical (unpaired) electrons. The summed E-state index contributed by atoms with van der Waals surface area (Å²) in [5, 5.41) is 13.3. The molecule has 0 aromatic heterocycles. The molecule has 0 atom stereocenters. The lowest BCUT2D eigenvalue weighted by Gasteiger charge is -2.08. The van der Waals surface area contributed by atoms with Gasteiger partial charge in [0.05, 0.1) is 10.6 Å². The van der Waals surface area contributed by atoms with Gasteiger partial charge >= 0.3 is 5.97 Å². The average molecular weight is 387 g/mol. The molecule has 2 aromatic rings. The molecule has 0 aliphatic carbocycles. The first-order valence-corrected chi connectivity index (χ1v) is 7.39. The number of hydrogen-bond acceptors (Lipinski definition) is 5. The van der Waals surface area contributed by atoms with E-state index >= 15 is 0 Å². The number of nitrogens with zero attached hydrogens (tertiary/aromatic N) is 1. The lowest BCUT2D eigenvalue weighted by molar-refractivity contribution is -0.385. The summed E-state index contributed by atoms with van der Waals surface area (Å²) in [5.41, 5.74) is -1.07. The quantitative estimate of drug-likeness (QED) is 0.478. The molecule has 0 aliphatic heterocycles. The number of hydrogen-bond donors (Lipinski definition) is 1. The molecule has 1 amide bonds. The highest BCUT2D eigenvalue weighted by molar-refractivity contribution is 6.31. The minimum atomic E-state index is -1.09. The van der Waals surface area contributed by atoms with E-state index in [0.29, 0.717) is 0 Å². The number of carbonyl (C=O) groups excluding carboxylic acids is 2. The molecule has 2 rings (SSSR count). The molecule has 0 heterocycles. The maximum Gasteiger partial charge on any atom is 0.345 e. The van der Waals surface area contributed by atoms with Gasteiger partial charge in [-0.05, 0) is 30.3 Å². The van der Waals surface area contributed by atoms with Crippen molar-refractivity contribution in [3.8, 4) is 0 Å². The molecule has 1 N–H and O–H groups in total. The number of nitrogens with one attached hydrogen (secondary N) is 1. The number of halogens is 3. The molecule has 0 bridgehead atoms. The van der Waals surface area contributed by atoms with Crippen LogP contribution in [0.4, 0.5) is 15.8 Å². The van der Waals surface area contributed by atoms with Gasteiger partial charge < -0.3 is 10.1 Å². The second kappa shape index (κ2) is 7.91. The number of nitro benzene ring substituents is 1. The fourth-order valence-electron chi connectivity index (χ4n) is 1.81. The van der Waals surface area contributed by atoms with Crippen LogP contribution in [0.3, 0.4) is 0 Å². The van der Waals surface area contributed by atoms with Gasteiger partial charge in [-0.15, -0.1) is 0 Å². The maximum atomic E-state index is 13.6. The van der Waals surface area contributed by atoms with Gasteiger partial charge in [-0.3, -0.25) is 14.9 Å². The van der Waals surface area contributed by atoms with Crippen molar-refractivity contribution in [3.05, 3.63) is 67.9 Å². The Morgan fingerprint density at radius 1 is 1.16 bits per heavy atom. The Balaban J connectivity index is 2.02. The van der Waals surface area contributed by atoms with Gasteiger partial charge in [-0.25, -0.2) is 9.18 Å². The smallest absolute Gasteiger partial charge is 0.345 e. The molecule has 0 spiro atoms. The number of nitro groups is 1. The zero-order valence-corrected chi connectivity index (χ0v) is 13.8. The first-order valence-electron chi connectivity index (χ1n) is 6.64. The van der Waals surface area contributed by atoms with Crippen molar-refractivity contribution in [2.45, 2.75) is 0 Å². The van der Waals surface area contributed by atoms with Crippen LogP contribution in [0.25, 0.3) is 0 Å². The van der Waals surface area contributed by atoms with Crippen molar-refractivity contribution >= 4 is 46.5 Å². The number of carbonyl (C=O) groups is 2. The summed E-state index contributed by atoms with van der Waals surface area (Å²) in [6, 6.07) is 6.97. The normalized spacial score (nSPS) is 10.2. The van der Waals surface area contributed by atoms with E-state index in [1.165, 1.54) is 18.2 Å². The zero-order chi connectivity index (χ0) is 18.6. The monoisotopic (exact) mass is 386 g/mol. The summed E-state index contributed by atoms with van der Waals surface area (Å²) in [4.78, 5) is 33.8. The van der Waals surface area contributed by atoms with Gasteiger partial charge in [0, 0.05) is 16.1 Å². The Hall–Kier alpha value is -2.71. The number of benzene rings is 2. The molecule has 0 saturated heterocycles. The molecule has 130 valence electrons. The third-order valence-electron chi connectivity index (χ3n) is 2.92. The second-order valence-corrected chi connectivity index (χ2v) is 5.54. The summed E-state index contributed by atoms with van der Waals surface area (Å²) in [6.45, 7) is -0.763. The van der Waals surface area contributed by atoms with Crippen LogP contribution in [0.5, 0.6) is 0 Å². The van der Waals surface area contributed by atoms with Crippen LogP contribution in [0, 0.1) is 15.9 Å². The fraction of sp³-hybridized carbons (Fsp3) is 0.0667. The minimum absolute atomic E-state index is 0.0687. The van der Waals surface area contributed by atoms with E-state index in [9.17, 15) is 24.1 Å². The fourth-order valence-corrected chi connectivity index (χ4v) is 2.14. The van der Waals surface area contributed by atoms with Crippen LogP contribution in [-0.2, 0) is 9.53 Å². The standard InChI is InChI=1S/C15H9Cl2FN2O5/c16-8-2-4-12(11(18)5-8)19-14(21)7-25-15(22)10-3-1-9(17)6-13(10)20(23)24/h1-6H,7H2,(H,19,21). The summed E-state index contributed by atoms with van der Waals surface area (Å²) in [5.74, 6) is -2.68. The highest BCUT2D eigenvalue weighted by atomic mass is 35.5. The molecule has 2 aromatic carbocycles. The van der Waals surface area contributed by atoms with Crippen LogP contribution >= 0.6 is 23.2 Å². The molecular weight excluding hydrogens is 378 g/mol. The van der Waals surface area contributed by atoms with E-state index < -0.39 is 34.9 Å². The number of esters is 1. The van der Waals surface area contributed by atoms with Crippen molar-refractivity contribution in [2.75, 3.05) is 11.9 Å². The van der Waals surface area contributed by atoms with Crippen molar-refractivity contribution in [3.63, 3.8) is 0 Å². The summed E-state index contributed by atoms with van der Waals surface area (Å²) in [6.07, 6.45) is 0. The van der Waals surface area contributed by atoms with E-state index in [1.807, 2.05) is 0 Å². The van der Waals surface area contributed by atoms with Gasteiger partial charge in [-0.2, -0.15) is 0 Å². The van der Waals surface area contributed by atoms with Crippen molar-refractivity contribution in [2.24, 2.45) is 0 Å². The summed E-state index contributed by atoms with van der Waals surface area (Å²) < 4.78 is 18.3. The summed E-state index contributed by atoms with van der Waals surface area (Å²) >= 11 is 11.2. The van der Waals surface area contributed by atoms with Gasteiger partial charge in [0.1, 0.15) is 11.4 Å². The minimum Gasteiger partial charge on any atom is -0.452 e. The lowest BCUT2D eigenvalue weighted by Crippen LogP contribution is -2.21. The van der Waals surface area contributed by atoms with Crippen molar-refractivity contribution in [1.82, 2.24) is 0 Å². The van der Waals surface area contributed by atoms with E-state index in [0.717, 1.165) is 18.2 Å². The van der Waals surface area contributed by atoms with Crippen LogP contribution in [0.15, 0.2) is 36.4 Å². The largest absolute Gasteiger partial charge is 0.452 e. The first-order chi connectivity index (χ1) is 11.8. The Bertz CT molecular complexity index is 860. The average Bonchev–Trinajstić information content (AvgIpc) is 2.55. The second-order valence-electron chi connectivity index (χ2n) is 4.67.